The van der Waals surface area contributed by atoms with Crippen LogP contribution >= 0.6 is 0 Å². The lowest BCUT2D eigenvalue weighted by Crippen LogP contribution is -2.42. The van der Waals surface area contributed by atoms with Gasteiger partial charge in [-0.2, -0.15) is 4.99 Å². The van der Waals surface area contributed by atoms with E-state index >= 15 is 0 Å². The Morgan fingerprint density at radius 1 is 1.18 bits per heavy atom. The fourth-order valence-corrected chi connectivity index (χ4v) is 4.95. The Morgan fingerprint density at radius 2 is 1.91 bits per heavy atom. The second-order valence-corrected chi connectivity index (χ2v) is 10.3. The molecular formula is C26H37FN4O3. The monoisotopic (exact) mass is 472 g/mol. The molecule has 4 rings (SSSR count). The molecule has 0 unspecified atom stereocenters. The minimum Gasteiger partial charge on any atom is -0.491 e. The number of benzene rings is 1. The Balaban J connectivity index is 1.15. The van der Waals surface area contributed by atoms with E-state index in [4.69, 9.17) is 10.5 Å². The van der Waals surface area contributed by atoms with Crippen molar-refractivity contribution in [3.63, 3.8) is 0 Å². The standard InChI is InChI=1S/C26H37FN4O3/c1-17(2)25(28)29-26(33)31-11-6-19(7-12-31)21-16-20(21)8-13-34-23-5-4-18(14-22(23)27)15-24(32)30-9-3-10-30/h4-5,14,17,19-21H,3,6-13,15-16H2,1-2H3,(H2,28,29,33)/t20-,21-/m1/s1. The van der Waals surface area contributed by atoms with Gasteiger partial charge in [0.25, 0.3) is 0 Å². The maximum Gasteiger partial charge on any atom is 0.345 e. The third kappa shape index (κ3) is 6.07. The lowest BCUT2D eigenvalue weighted by molar-refractivity contribution is -0.133. The molecule has 3 fully saturated rings. The Morgan fingerprint density at radius 3 is 2.53 bits per heavy atom. The molecule has 3 aliphatic rings. The number of carbonyl (C=O) groups is 2. The molecule has 7 nitrogen and oxygen atoms in total. The molecule has 3 amide bonds. The van der Waals surface area contributed by atoms with E-state index in [-0.39, 0.29) is 30.0 Å². The molecular weight excluding hydrogens is 435 g/mol. The first-order chi connectivity index (χ1) is 16.3. The van der Waals surface area contributed by atoms with Crippen molar-refractivity contribution in [2.75, 3.05) is 32.8 Å². The van der Waals surface area contributed by atoms with E-state index in [0.29, 0.717) is 35.8 Å². The van der Waals surface area contributed by atoms with Crippen molar-refractivity contribution in [1.82, 2.24) is 9.80 Å². The van der Waals surface area contributed by atoms with Crippen LogP contribution in [0.1, 0.15) is 51.5 Å². The van der Waals surface area contributed by atoms with E-state index in [1.807, 2.05) is 13.8 Å². The van der Waals surface area contributed by atoms with Gasteiger partial charge in [0.1, 0.15) is 5.84 Å². The van der Waals surface area contributed by atoms with Crippen LogP contribution in [0.4, 0.5) is 9.18 Å². The Kier molecular flexibility index (Phi) is 7.73. The summed E-state index contributed by atoms with van der Waals surface area (Å²) in [5.41, 5.74) is 6.51. The number of rotatable bonds is 8. The van der Waals surface area contributed by atoms with Gasteiger partial charge in [0.2, 0.25) is 5.91 Å². The van der Waals surface area contributed by atoms with Crippen molar-refractivity contribution in [3.8, 4) is 5.75 Å². The van der Waals surface area contributed by atoms with Gasteiger partial charge < -0.3 is 20.3 Å². The molecule has 34 heavy (non-hydrogen) atoms. The minimum absolute atomic E-state index is 0.0571. The predicted octanol–water partition coefficient (Wildman–Crippen LogP) is 3.85. The quantitative estimate of drug-likeness (QED) is 0.460. The van der Waals surface area contributed by atoms with Crippen molar-refractivity contribution in [2.45, 2.75) is 52.4 Å². The summed E-state index contributed by atoms with van der Waals surface area (Å²) in [6.07, 6.45) is 5.38. The van der Waals surface area contributed by atoms with Crippen LogP contribution in [0.15, 0.2) is 23.2 Å². The van der Waals surface area contributed by atoms with Crippen molar-refractivity contribution < 1.29 is 18.7 Å². The lowest BCUT2D eigenvalue weighted by atomic mass is 9.90. The molecule has 1 aromatic carbocycles. The summed E-state index contributed by atoms with van der Waals surface area (Å²) in [4.78, 5) is 32.0. The average molecular weight is 473 g/mol. The fraction of sp³-hybridized carbons (Fsp3) is 0.654. The topological polar surface area (TPSA) is 88.2 Å². The molecule has 2 saturated heterocycles. The third-order valence-corrected chi connectivity index (χ3v) is 7.52. The molecule has 1 aromatic rings. The minimum atomic E-state index is -0.404. The normalized spacial score (nSPS) is 23.1. The number of carbonyl (C=O) groups excluding carboxylic acids is 2. The van der Waals surface area contributed by atoms with Crippen molar-refractivity contribution in [3.05, 3.63) is 29.6 Å². The van der Waals surface area contributed by atoms with Gasteiger partial charge in [0.05, 0.1) is 13.0 Å². The Hall–Kier alpha value is -2.64. The number of piperidine rings is 1. The molecule has 186 valence electrons. The second kappa shape index (κ2) is 10.7. The summed E-state index contributed by atoms with van der Waals surface area (Å²) >= 11 is 0. The SMILES string of the molecule is CC(C)/C(N)=N/C(=O)N1CCC([C@H]2C[C@H]2CCOc2ccc(CC(=O)N3CCC3)cc2F)CC1. The lowest BCUT2D eigenvalue weighted by Gasteiger charge is -2.31. The number of aliphatic imine (C=N–C) groups is 1. The zero-order valence-corrected chi connectivity index (χ0v) is 20.3. The van der Waals surface area contributed by atoms with Crippen LogP contribution in [0, 0.1) is 29.5 Å². The molecule has 0 aromatic heterocycles. The van der Waals surface area contributed by atoms with Gasteiger partial charge in [0.15, 0.2) is 11.6 Å². The van der Waals surface area contributed by atoms with Crippen LogP contribution in [-0.4, -0.2) is 60.4 Å². The first-order valence-corrected chi connectivity index (χ1v) is 12.6. The zero-order valence-electron chi connectivity index (χ0n) is 20.3. The molecule has 2 atom stereocenters. The first-order valence-electron chi connectivity index (χ1n) is 12.6. The van der Waals surface area contributed by atoms with Gasteiger partial charge in [-0.1, -0.05) is 19.9 Å². The highest BCUT2D eigenvalue weighted by atomic mass is 19.1. The van der Waals surface area contributed by atoms with E-state index in [1.54, 1.807) is 21.9 Å². The molecule has 2 heterocycles. The molecule has 0 spiro atoms. The zero-order chi connectivity index (χ0) is 24.2. The van der Waals surface area contributed by atoms with Crippen LogP contribution in [0.25, 0.3) is 0 Å². The maximum atomic E-state index is 14.4. The fourth-order valence-electron chi connectivity index (χ4n) is 4.95. The van der Waals surface area contributed by atoms with Crippen LogP contribution in [0.5, 0.6) is 5.75 Å². The van der Waals surface area contributed by atoms with E-state index in [0.717, 1.165) is 51.9 Å². The van der Waals surface area contributed by atoms with Gasteiger partial charge in [-0.15, -0.1) is 0 Å². The molecule has 1 saturated carbocycles. The molecule has 2 N–H and O–H groups in total. The first kappa shape index (κ1) is 24.5. The number of hydrogen-bond donors (Lipinski definition) is 1. The number of likely N-dealkylation sites (tertiary alicyclic amines) is 2. The molecule has 0 radical (unpaired) electrons. The molecule has 2 aliphatic heterocycles. The summed E-state index contributed by atoms with van der Waals surface area (Å²) in [5, 5.41) is 0. The number of nitrogens with zero attached hydrogens (tertiary/aromatic N) is 3. The number of ether oxygens (including phenoxy) is 1. The summed E-state index contributed by atoms with van der Waals surface area (Å²) in [5.74, 6) is 2.28. The predicted molar refractivity (Wildman–Crippen MR) is 129 cm³/mol. The summed E-state index contributed by atoms with van der Waals surface area (Å²) < 4.78 is 20.1. The van der Waals surface area contributed by atoms with E-state index in [9.17, 15) is 14.0 Å². The number of halogens is 1. The van der Waals surface area contributed by atoms with E-state index < -0.39 is 5.82 Å². The molecule has 0 bridgehead atoms. The largest absolute Gasteiger partial charge is 0.491 e. The summed E-state index contributed by atoms with van der Waals surface area (Å²) in [6.45, 7) is 7.43. The van der Waals surface area contributed by atoms with Crippen LogP contribution < -0.4 is 10.5 Å². The van der Waals surface area contributed by atoms with Crippen LogP contribution in [-0.2, 0) is 11.2 Å². The van der Waals surface area contributed by atoms with Gasteiger partial charge in [-0.3, -0.25) is 4.79 Å². The number of amidine groups is 1. The van der Waals surface area contributed by atoms with E-state index in [2.05, 4.69) is 4.99 Å². The van der Waals surface area contributed by atoms with Crippen LogP contribution in [0.2, 0.25) is 0 Å². The van der Waals surface area contributed by atoms with Gasteiger partial charge in [0, 0.05) is 32.1 Å². The molecule has 8 heteroatoms. The second-order valence-electron chi connectivity index (χ2n) is 10.3. The smallest absolute Gasteiger partial charge is 0.345 e. The average Bonchev–Trinajstić information content (AvgIpc) is 3.53. The van der Waals surface area contributed by atoms with Crippen molar-refractivity contribution >= 4 is 17.8 Å². The Labute approximate surface area is 201 Å². The highest BCUT2D eigenvalue weighted by Crippen LogP contribution is 2.49. The summed E-state index contributed by atoms with van der Waals surface area (Å²) in [6, 6.07) is 4.62. The van der Waals surface area contributed by atoms with Gasteiger partial charge in [-0.05, 0) is 67.6 Å². The number of urea groups is 1. The Bertz CT molecular complexity index is 923. The van der Waals surface area contributed by atoms with Gasteiger partial charge >= 0.3 is 6.03 Å². The highest BCUT2D eigenvalue weighted by Gasteiger charge is 2.43. The maximum absolute atomic E-state index is 14.4. The third-order valence-electron chi connectivity index (χ3n) is 7.52. The highest BCUT2D eigenvalue weighted by molar-refractivity contribution is 5.93. The number of nitrogens with two attached hydrogens (primary N) is 1. The summed E-state index contributed by atoms with van der Waals surface area (Å²) in [7, 11) is 0. The number of hydrogen-bond acceptors (Lipinski definition) is 3. The van der Waals surface area contributed by atoms with Crippen LogP contribution in [0.3, 0.4) is 0 Å². The molecule has 1 aliphatic carbocycles. The van der Waals surface area contributed by atoms with Gasteiger partial charge in [-0.25, -0.2) is 9.18 Å². The number of amides is 3. The van der Waals surface area contributed by atoms with Crippen molar-refractivity contribution in [1.29, 1.82) is 0 Å². The van der Waals surface area contributed by atoms with E-state index in [1.165, 1.54) is 12.5 Å². The van der Waals surface area contributed by atoms with Crippen molar-refractivity contribution in [2.24, 2.45) is 34.4 Å².